The molecule has 0 unspecified atom stereocenters. The number of amides is 3. The first kappa shape index (κ1) is 23.5. The number of benzene rings is 1. The molecule has 0 fully saturated rings. The van der Waals surface area contributed by atoms with Gasteiger partial charge in [0.05, 0.1) is 6.54 Å². The van der Waals surface area contributed by atoms with Crippen molar-refractivity contribution >= 4 is 11.9 Å². The summed E-state index contributed by atoms with van der Waals surface area (Å²) < 4.78 is 5.70. The summed E-state index contributed by atoms with van der Waals surface area (Å²) in [5.41, 5.74) is 1.04. The molecule has 0 saturated heterocycles. The standard InChI is InChI=1S/C24H35N3O3/c1-5-6-14-25-24(29)27(15-19(2)3)18-23(28)26(16-21-10-8-7-9-11-21)17-22-13-12-20(4)30-22/h7-13,19H,5-6,14-18H2,1-4H3,(H,25,29). The first-order valence-electron chi connectivity index (χ1n) is 10.8. The van der Waals surface area contributed by atoms with E-state index in [0.717, 1.165) is 29.9 Å². The van der Waals surface area contributed by atoms with Gasteiger partial charge in [-0.05, 0) is 37.0 Å². The third-order valence-electron chi connectivity index (χ3n) is 4.72. The van der Waals surface area contributed by atoms with Crippen molar-refractivity contribution in [3.8, 4) is 0 Å². The zero-order valence-electron chi connectivity index (χ0n) is 18.7. The van der Waals surface area contributed by atoms with Crippen LogP contribution >= 0.6 is 0 Å². The molecule has 164 valence electrons. The predicted octanol–water partition coefficient (Wildman–Crippen LogP) is 4.58. The minimum Gasteiger partial charge on any atom is -0.464 e. The number of hydrogen-bond donors (Lipinski definition) is 1. The van der Waals surface area contributed by atoms with E-state index in [1.54, 1.807) is 9.80 Å². The zero-order valence-corrected chi connectivity index (χ0v) is 18.7. The Kier molecular flexibility index (Phi) is 9.45. The van der Waals surface area contributed by atoms with Crippen LogP contribution in [0, 0.1) is 12.8 Å². The maximum absolute atomic E-state index is 13.2. The van der Waals surface area contributed by atoms with E-state index >= 15 is 0 Å². The van der Waals surface area contributed by atoms with Crippen molar-refractivity contribution in [2.24, 2.45) is 5.92 Å². The van der Waals surface area contributed by atoms with Gasteiger partial charge in [0.2, 0.25) is 5.91 Å². The molecule has 1 heterocycles. The third-order valence-corrected chi connectivity index (χ3v) is 4.72. The lowest BCUT2D eigenvalue weighted by atomic mass is 10.2. The molecule has 0 radical (unpaired) electrons. The molecule has 0 spiro atoms. The number of rotatable bonds is 11. The minimum absolute atomic E-state index is 0.0443. The Balaban J connectivity index is 2.13. The summed E-state index contributed by atoms with van der Waals surface area (Å²) in [6, 6.07) is 13.5. The molecule has 30 heavy (non-hydrogen) atoms. The molecule has 0 atom stereocenters. The summed E-state index contributed by atoms with van der Waals surface area (Å²) >= 11 is 0. The van der Waals surface area contributed by atoms with E-state index < -0.39 is 0 Å². The Morgan fingerprint density at radius 1 is 1.03 bits per heavy atom. The smallest absolute Gasteiger partial charge is 0.317 e. The lowest BCUT2D eigenvalue weighted by Gasteiger charge is -2.28. The molecular weight excluding hydrogens is 378 g/mol. The van der Waals surface area contributed by atoms with Crippen LogP contribution in [0.1, 0.15) is 50.7 Å². The van der Waals surface area contributed by atoms with Crippen molar-refractivity contribution in [1.29, 1.82) is 0 Å². The van der Waals surface area contributed by atoms with Crippen LogP contribution in [0.25, 0.3) is 0 Å². The van der Waals surface area contributed by atoms with E-state index in [1.165, 1.54) is 0 Å². The maximum Gasteiger partial charge on any atom is 0.317 e. The number of nitrogens with one attached hydrogen (secondary N) is 1. The Morgan fingerprint density at radius 3 is 2.37 bits per heavy atom. The van der Waals surface area contributed by atoms with Crippen molar-refractivity contribution < 1.29 is 14.0 Å². The average molecular weight is 414 g/mol. The fourth-order valence-corrected chi connectivity index (χ4v) is 3.20. The quantitative estimate of drug-likeness (QED) is 0.548. The van der Waals surface area contributed by atoms with Gasteiger partial charge in [-0.3, -0.25) is 4.79 Å². The summed E-state index contributed by atoms with van der Waals surface area (Å²) in [7, 11) is 0. The number of unbranched alkanes of at least 4 members (excludes halogenated alkanes) is 1. The number of carbonyl (C=O) groups is 2. The van der Waals surface area contributed by atoms with Gasteiger partial charge in [0, 0.05) is 19.6 Å². The molecule has 0 aliphatic carbocycles. The van der Waals surface area contributed by atoms with Crippen LogP contribution < -0.4 is 5.32 Å². The van der Waals surface area contributed by atoms with E-state index in [9.17, 15) is 9.59 Å². The first-order valence-corrected chi connectivity index (χ1v) is 10.8. The van der Waals surface area contributed by atoms with E-state index in [0.29, 0.717) is 26.2 Å². The van der Waals surface area contributed by atoms with Gasteiger partial charge in [-0.1, -0.05) is 57.5 Å². The van der Waals surface area contributed by atoms with Gasteiger partial charge in [-0.25, -0.2) is 4.79 Å². The number of nitrogens with zero attached hydrogens (tertiary/aromatic N) is 2. The van der Waals surface area contributed by atoms with Crippen LogP contribution in [0.15, 0.2) is 46.9 Å². The van der Waals surface area contributed by atoms with Crippen molar-refractivity contribution in [3.05, 3.63) is 59.5 Å². The summed E-state index contributed by atoms with van der Waals surface area (Å²) in [6.07, 6.45) is 1.93. The Bertz CT molecular complexity index is 786. The Labute approximate surface area is 180 Å². The highest BCUT2D eigenvalue weighted by molar-refractivity contribution is 5.84. The van der Waals surface area contributed by atoms with Crippen molar-refractivity contribution in [2.75, 3.05) is 19.6 Å². The molecule has 6 heteroatoms. The summed E-state index contributed by atoms with van der Waals surface area (Å²) in [4.78, 5) is 29.3. The second-order valence-corrected chi connectivity index (χ2v) is 8.11. The van der Waals surface area contributed by atoms with Gasteiger partial charge >= 0.3 is 6.03 Å². The number of carbonyl (C=O) groups excluding carboxylic acids is 2. The van der Waals surface area contributed by atoms with Gasteiger partial charge in [0.25, 0.3) is 0 Å². The van der Waals surface area contributed by atoms with Gasteiger partial charge in [0.1, 0.15) is 18.1 Å². The molecule has 1 aromatic carbocycles. The van der Waals surface area contributed by atoms with Gasteiger partial charge < -0.3 is 19.5 Å². The topological polar surface area (TPSA) is 65.8 Å². The fourth-order valence-electron chi connectivity index (χ4n) is 3.20. The Morgan fingerprint density at radius 2 is 1.77 bits per heavy atom. The maximum atomic E-state index is 13.2. The summed E-state index contributed by atoms with van der Waals surface area (Å²) in [6.45, 7) is 10.1. The second-order valence-electron chi connectivity index (χ2n) is 8.11. The second kappa shape index (κ2) is 12.1. The van der Waals surface area contributed by atoms with Crippen molar-refractivity contribution in [1.82, 2.24) is 15.1 Å². The Hall–Kier alpha value is -2.76. The lowest BCUT2D eigenvalue weighted by molar-refractivity contribution is -0.133. The monoisotopic (exact) mass is 413 g/mol. The molecule has 2 aromatic rings. The molecule has 0 aliphatic rings. The van der Waals surface area contributed by atoms with E-state index in [4.69, 9.17) is 4.42 Å². The minimum atomic E-state index is -0.181. The van der Waals surface area contributed by atoms with E-state index in [-0.39, 0.29) is 24.4 Å². The van der Waals surface area contributed by atoms with Crippen LogP contribution in [0.4, 0.5) is 4.79 Å². The molecule has 3 amide bonds. The van der Waals surface area contributed by atoms with Crippen LogP contribution in [0.5, 0.6) is 0 Å². The number of urea groups is 1. The number of hydrogen-bond acceptors (Lipinski definition) is 3. The molecule has 1 N–H and O–H groups in total. The lowest BCUT2D eigenvalue weighted by Crippen LogP contribution is -2.47. The molecule has 0 aliphatic heterocycles. The van der Waals surface area contributed by atoms with Gasteiger partial charge in [-0.15, -0.1) is 0 Å². The molecule has 1 aromatic heterocycles. The summed E-state index contributed by atoms with van der Waals surface area (Å²) in [5.74, 6) is 1.72. The molecule has 6 nitrogen and oxygen atoms in total. The van der Waals surface area contributed by atoms with Crippen molar-refractivity contribution in [2.45, 2.75) is 53.6 Å². The molecule has 0 bridgehead atoms. The van der Waals surface area contributed by atoms with E-state index in [1.807, 2.05) is 63.2 Å². The first-order chi connectivity index (χ1) is 14.4. The molecule has 2 rings (SSSR count). The van der Waals surface area contributed by atoms with Gasteiger partial charge in [0.15, 0.2) is 0 Å². The molecular formula is C24H35N3O3. The van der Waals surface area contributed by atoms with Crippen LogP contribution in [-0.4, -0.2) is 41.4 Å². The highest BCUT2D eigenvalue weighted by Crippen LogP contribution is 2.14. The number of furan rings is 1. The fraction of sp³-hybridized carbons (Fsp3) is 0.500. The van der Waals surface area contributed by atoms with Crippen molar-refractivity contribution in [3.63, 3.8) is 0 Å². The normalized spacial score (nSPS) is 10.8. The van der Waals surface area contributed by atoms with Crippen LogP contribution in [-0.2, 0) is 17.9 Å². The highest BCUT2D eigenvalue weighted by atomic mass is 16.3. The average Bonchev–Trinajstić information content (AvgIpc) is 3.12. The highest BCUT2D eigenvalue weighted by Gasteiger charge is 2.23. The molecule has 0 saturated carbocycles. The number of aryl methyl sites for hydroxylation is 1. The summed E-state index contributed by atoms with van der Waals surface area (Å²) in [5, 5.41) is 2.93. The third kappa shape index (κ3) is 7.93. The largest absolute Gasteiger partial charge is 0.464 e. The van der Waals surface area contributed by atoms with Crippen LogP contribution in [0.2, 0.25) is 0 Å². The van der Waals surface area contributed by atoms with E-state index in [2.05, 4.69) is 12.2 Å². The predicted molar refractivity (Wildman–Crippen MR) is 119 cm³/mol. The van der Waals surface area contributed by atoms with Gasteiger partial charge in [-0.2, -0.15) is 0 Å². The SMILES string of the molecule is CCCCNC(=O)N(CC(=O)N(Cc1ccccc1)Cc1ccc(C)o1)CC(C)C. The van der Waals surface area contributed by atoms with Crippen LogP contribution in [0.3, 0.4) is 0 Å². The zero-order chi connectivity index (χ0) is 21.9.